The molecule has 0 fully saturated rings. The quantitative estimate of drug-likeness (QED) is 0.254. The molecule has 1 aromatic rings. The zero-order valence-corrected chi connectivity index (χ0v) is 18.6. The van der Waals surface area contributed by atoms with E-state index in [4.69, 9.17) is 15.3 Å². The largest absolute Gasteiger partial charge is 0.481 e. The number of unbranched alkanes of at least 4 members (excludes halogenated alkanes) is 2. The highest BCUT2D eigenvalue weighted by Crippen LogP contribution is 2.15. The van der Waals surface area contributed by atoms with Crippen LogP contribution in [0.3, 0.4) is 0 Å². The summed E-state index contributed by atoms with van der Waals surface area (Å²) in [6.45, 7) is 0.120. The molecule has 0 aliphatic rings. The predicted octanol–water partition coefficient (Wildman–Crippen LogP) is 1.92. The van der Waals surface area contributed by atoms with Gasteiger partial charge in [0.25, 0.3) is 0 Å². The summed E-state index contributed by atoms with van der Waals surface area (Å²) in [7, 11) is 0. The summed E-state index contributed by atoms with van der Waals surface area (Å²) in [6, 6.07) is 8.16. The number of nitrogens with one attached hydrogen (secondary N) is 1. The van der Waals surface area contributed by atoms with Crippen LogP contribution in [-0.4, -0.2) is 69.1 Å². The van der Waals surface area contributed by atoms with E-state index in [9.17, 15) is 24.0 Å². The molecule has 33 heavy (non-hydrogen) atoms. The zero-order valence-electron chi connectivity index (χ0n) is 18.6. The molecule has 1 atom stereocenters. The zero-order chi connectivity index (χ0) is 24.6. The van der Waals surface area contributed by atoms with Gasteiger partial charge in [-0.15, -0.1) is 0 Å². The molecule has 0 saturated carbocycles. The second kappa shape index (κ2) is 15.4. The van der Waals surface area contributed by atoms with Crippen molar-refractivity contribution in [2.45, 2.75) is 63.8 Å². The van der Waals surface area contributed by atoms with Gasteiger partial charge in [-0.2, -0.15) is 0 Å². The number of hydrogen-bond donors (Lipinski definition) is 4. The first kappa shape index (κ1) is 27.6. The summed E-state index contributed by atoms with van der Waals surface area (Å²) in [5.74, 6) is -3.84. The Labute approximate surface area is 192 Å². The summed E-state index contributed by atoms with van der Waals surface area (Å²) in [6.07, 6.45) is 1.32. The number of carbonyl (C=O) groups is 5. The van der Waals surface area contributed by atoms with E-state index in [1.807, 2.05) is 18.2 Å². The lowest BCUT2D eigenvalue weighted by atomic mass is 10.0. The standard InChI is InChI=1S/C23H32N2O8/c26-19(10-7-12-21(29)30)25(15-6-2-5-11-20(27)28)18(16-17-8-3-1-4-9-17)23(33)24-14-13-22(31)32/h1,3-4,8-9,18H,2,5-7,10-16H2,(H,24,33)(H,27,28)(H,29,30)(H,31,32). The van der Waals surface area contributed by atoms with Crippen LogP contribution in [0.25, 0.3) is 0 Å². The second-order valence-electron chi connectivity index (χ2n) is 7.68. The topological polar surface area (TPSA) is 161 Å². The molecule has 182 valence electrons. The second-order valence-corrected chi connectivity index (χ2v) is 7.68. The van der Waals surface area contributed by atoms with Gasteiger partial charge in [0.1, 0.15) is 6.04 Å². The first-order chi connectivity index (χ1) is 15.7. The molecule has 0 spiro atoms. The summed E-state index contributed by atoms with van der Waals surface area (Å²) in [5.41, 5.74) is 0.810. The van der Waals surface area contributed by atoms with E-state index in [0.29, 0.717) is 19.3 Å². The van der Waals surface area contributed by atoms with Gasteiger partial charge < -0.3 is 25.5 Å². The molecular formula is C23H32N2O8. The van der Waals surface area contributed by atoms with Crippen molar-refractivity contribution in [1.82, 2.24) is 10.2 Å². The highest BCUT2D eigenvalue weighted by atomic mass is 16.4. The first-order valence-corrected chi connectivity index (χ1v) is 11.0. The minimum absolute atomic E-state index is 0.00960. The molecule has 10 nitrogen and oxygen atoms in total. The van der Waals surface area contributed by atoms with Crippen molar-refractivity contribution in [2.75, 3.05) is 13.1 Å². The van der Waals surface area contributed by atoms with Crippen molar-refractivity contribution in [2.24, 2.45) is 0 Å². The van der Waals surface area contributed by atoms with E-state index >= 15 is 0 Å². The Morgan fingerprint density at radius 1 is 0.758 bits per heavy atom. The van der Waals surface area contributed by atoms with Crippen LogP contribution in [0.15, 0.2) is 30.3 Å². The van der Waals surface area contributed by atoms with Gasteiger partial charge in [0, 0.05) is 38.8 Å². The average molecular weight is 465 g/mol. The lowest BCUT2D eigenvalue weighted by Gasteiger charge is -2.31. The van der Waals surface area contributed by atoms with Gasteiger partial charge >= 0.3 is 17.9 Å². The molecule has 0 saturated heterocycles. The van der Waals surface area contributed by atoms with Crippen molar-refractivity contribution in [3.8, 4) is 0 Å². The molecule has 0 bridgehead atoms. The maximum absolute atomic E-state index is 13.0. The summed E-state index contributed by atoms with van der Waals surface area (Å²) >= 11 is 0. The van der Waals surface area contributed by atoms with Crippen LogP contribution in [0, 0.1) is 0 Å². The minimum atomic E-state index is -1.06. The molecule has 0 aliphatic heterocycles. The fourth-order valence-corrected chi connectivity index (χ4v) is 3.32. The van der Waals surface area contributed by atoms with Crippen LogP contribution in [0.4, 0.5) is 0 Å². The molecule has 10 heteroatoms. The van der Waals surface area contributed by atoms with Gasteiger partial charge in [-0.1, -0.05) is 36.8 Å². The number of carbonyl (C=O) groups excluding carboxylic acids is 2. The van der Waals surface area contributed by atoms with Gasteiger partial charge in [-0.3, -0.25) is 24.0 Å². The van der Waals surface area contributed by atoms with E-state index in [2.05, 4.69) is 5.32 Å². The number of amides is 2. The first-order valence-electron chi connectivity index (χ1n) is 11.0. The average Bonchev–Trinajstić information content (AvgIpc) is 2.74. The van der Waals surface area contributed by atoms with Gasteiger partial charge in [0.2, 0.25) is 11.8 Å². The third kappa shape index (κ3) is 12.3. The van der Waals surface area contributed by atoms with Crippen molar-refractivity contribution in [3.05, 3.63) is 35.9 Å². The molecular weight excluding hydrogens is 432 g/mol. The number of carboxylic acids is 3. The van der Waals surface area contributed by atoms with E-state index in [-0.39, 0.29) is 57.5 Å². The van der Waals surface area contributed by atoms with Gasteiger partial charge in [0.05, 0.1) is 6.42 Å². The number of nitrogens with zero attached hydrogens (tertiary/aromatic N) is 1. The van der Waals surface area contributed by atoms with Crippen molar-refractivity contribution >= 4 is 29.7 Å². The minimum Gasteiger partial charge on any atom is -0.481 e. The summed E-state index contributed by atoms with van der Waals surface area (Å²) < 4.78 is 0. The van der Waals surface area contributed by atoms with E-state index < -0.39 is 29.9 Å². The third-order valence-electron chi connectivity index (χ3n) is 4.98. The van der Waals surface area contributed by atoms with Crippen LogP contribution in [0.5, 0.6) is 0 Å². The molecule has 4 N–H and O–H groups in total. The Bertz CT molecular complexity index is 797. The molecule has 0 radical (unpaired) electrons. The van der Waals surface area contributed by atoms with Crippen molar-refractivity contribution in [1.29, 1.82) is 0 Å². The lowest BCUT2D eigenvalue weighted by Crippen LogP contribution is -2.51. The molecule has 0 aliphatic carbocycles. The van der Waals surface area contributed by atoms with E-state index in [0.717, 1.165) is 5.56 Å². The molecule has 1 aromatic carbocycles. The molecule has 1 unspecified atom stereocenters. The molecule has 0 heterocycles. The number of rotatable bonds is 17. The van der Waals surface area contributed by atoms with Gasteiger partial charge in [-0.05, 0) is 24.8 Å². The van der Waals surface area contributed by atoms with Crippen LogP contribution < -0.4 is 5.32 Å². The monoisotopic (exact) mass is 464 g/mol. The van der Waals surface area contributed by atoms with Gasteiger partial charge in [0.15, 0.2) is 0 Å². The Balaban J connectivity index is 3.00. The Morgan fingerprint density at radius 3 is 1.97 bits per heavy atom. The highest BCUT2D eigenvalue weighted by Gasteiger charge is 2.29. The van der Waals surface area contributed by atoms with Crippen LogP contribution in [-0.2, 0) is 30.4 Å². The lowest BCUT2D eigenvalue weighted by molar-refractivity contribution is -0.142. The SMILES string of the molecule is O=C(O)CCCCCN(C(=O)CCCC(=O)O)C(Cc1ccccc1)C(=O)NCCC(=O)O. The molecule has 2 amide bonds. The van der Waals surface area contributed by atoms with Crippen molar-refractivity contribution < 1.29 is 39.3 Å². The normalized spacial score (nSPS) is 11.4. The summed E-state index contributed by atoms with van der Waals surface area (Å²) in [4.78, 5) is 59.7. The van der Waals surface area contributed by atoms with Crippen LogP contribution >= 0.6 is 0 Å². The number of carboxylic acid groups (broad SMARTS) is 3. The van der Waals surface area contributed by atoms with Gasteiger partial charge in [-0.25, -0.2) is 0 Å². The smallest absolute Gasteiger partial charge is 0.305 e. The predicted molar refractivity (Wildman–Crippen MR) is 119 cm³/mol. The van der Waals surface area contributed by atoms with Crippen LogP contribution in [0.2, 0.25) is 0 Å². The fraction of sp³-hybridized carbons (Fsp3) is 0.522. The fourth-order valence-electron chi connectivity index (χ4n) is 3.32. The highest BCUT2D eigenvalue weighted by molar-refractivity contribution is 5.88. The Morgan fingerprint density at radius 2 is 1.36 bits per heavy atom. The summed E-state index contributed by atoms with van der Waals surface area (Å²) in [5, 5.41) is 29.1. The molecule has 0 aromatic heterocycles. The van der Waals surface area contributed by atoms with Crippen molar-refractivity contribution in [3.63, 3.8) is 0 Å². The maximum atomic E-state index is 13.0. The third-order valence-corrected chi connectivity index (χ3v) is 4.98. The van der Waals surface area contributed by atoms with Crippen LogP contribution in [0.1, 0.15) is 56.9 Å². The maximum Gasteiger partial charge on any atom is 0.305 e. The molecule has 1 rings (SSSR count). The number of hydrogen-bond acceptors (Lipinski definition) is 5. The van der Waals surface area contributed by atoms with E-state index in [1.165, 1.54) is 4.90 Å². The Kier molecular flexibility index (Phi) is 12.9. The van der Waals surface area contributed by atoms with E-state index in [1.54, 1.807) is 12.1 Å². The number of benzene rings is 1. The Hall–Kier alpha value is -3.43. The number of aliphatic carboxylic acids is 3.